The maximum absolute atomic E-state index is 3.92. The first-order chi connectivity index (χ1) is 5.66. The third-order valence-corrected chi connectivity index (χ3v) is 2.11. The fourth-order valence-corrected chi connectivity index (χ4v) is 1.18. The maximum atomic E-state index is 3.92. The molecule has 1 N–H and O–H groups in total. The summed E-state index contributed by atoms with van der Waals surface area (Å²) in [5, 5.41) is 2.43. The average Bonchev–Trinajstić information content (AvgIpc) is 2.49. The van der Waals surface area contributed by atoms with E-state index in [1.54, 1.807) is 0 Å². The molecule has 1 rings (SSSR count). The number of H-pyrrole nitrogens is 1. The molecule has 0 aliphatic heterocycles. The summed E-state index contributed by atoms with van der Waals surface area (Å²) < 4.78 is 0. The largest absolute Gasteiger partial charge is 0.361 e. The van der Waals surface area contributed by atoms with Gasteiger partial charge < -0.3 is 4.98 Å². The summed E-state index contributed by atoms with van der Waals surface area (Å²) in [6.07, 6.45) is 4.03. The van der Waals surface area contributed by atoms with Crippen LogP contribution >= 0.6 is 0 Å². The molecule has 1 aromatic rings. The number of allylic oxidation sites excluding steroid dienone is 1. The van der Waals surface area contributed by atoms with Crippen LogP contribution in [0, 0.1) is 0 Å². The maximum Gasteiger partial charge on any atom is 0.0413 e. The summed E-state index contributed by atoms with van der Waals surface area (Å²) in [5.74, 6) is 0. The third-order valence-electron chi connectivity index (χ3n) is 2.11. The number of nitrogens with one attached hydrogen (secondary N) is 1. The van der Waals surface area contributed by atoms with Gasteiger partial charge in [-0.2, -0.15) is 0 Å². The molecule has 0 aliphatic rings. The van der Waals surface area contributed by atoms with E-state index in [9.17, 15) is 0 Å². The highest BCUT2D eigenvalue weighted by molar-refractivity contribution is 5.59. The molecule has 64 valence electrons. The van der Waals surface area contributed by atoms with Crippen molar-refractivity contribution in [2.24, 2.45) is 0 Å². The smallest absolute Gasteiger partial charge is 0.0413 e. The van der Waals surface area contributed by atoms with E-state index < -0.39 is 0 Å². The first-order valence-corrected chi connectivity index (χ1v) is 4.13. The zero-order chi connectivity index (χ0) is 9.14. The van der Waals surface area contributed by atoms with Crippen molar-refractivity contribution >= 4 is 11.6 Å². The molecular formula is C11H15N. The Morgan fingerprint density at radius 2 is 2.17 bits per heavy atom. The Kier molecular flexibility index (Phi) is 2.54. The van der Waals surface area contributed by atoms with Crippen LogP contribution in [-0.4, -0.2) is 4.98 Å². The molecule has 0 atom stereocenters. The Morgan fingerprint density at radius 1 is 1.50 bits per heavy atom. The zero-order valence-corrected chi connectivity index (χ0v) is 7.94. The van der Waals surface area contributed by atoms with Crippen LogP contribution in [-0.2, 0) is 0 Å². The Labute approximate surface area is 73.1 Å². The number of rotatable bonds is 1. The molecule has 1 heterocycles. The van der Waals surface area contributed by atoms with Gasteiger partial charge >= 0.3 is 0 Å². The summed E-state index contributed by atoms with van der Waals surface area (Å²) in [4.78, 5) is 3.17. The lowest BCUT2D eigenvalue weighted by Gasteiger charge is -1.95. The molecule has 0 fully saturated rings. The first kappa shape index (κ1) is 8.85. The zero-order valence-electron chi connectivity index (χ0n) is 7.94. The van der Waals surface area contributed by atoms with Crippen LogP contribution in [0.4, 0.5) is 0 Å². The van der Waals surface area contributed by atoms with Gasteiger partial charge in [-0.1, -0.05) is 18.2 Å². The Morgan fingerprint density at radius 3 is 2.67 bits per heavy atom. The molecule has 0 aliphatic carbocycles. The summed E-state index contributed by atoms with van der Waals surface area (Å²) in [6.45, 7) is 10.1. The molecule has 0 saturated heterocycles. The van der Waals surface area contributed by atoms with Gasteiger partial charge in [0.15, 0.2) is 0 Å². The van der Waals surface area contributed by atoms with Crippen molar-refractivity contribution in [2.75, 3.05) is 0 Å². The molecule has 1 aromatic heterocycles. The fraction of sp³-hybridized carbons (Fsp3) is 0.273. The highest BCUT2D eigenvalue weighted by Gasteiger charge is 1.92. The lowest BCUT2D eigenvalue weighted by molar-refractivity contribution is 1.30. The van der Waals surface area contributed by atoms with Gasteiger partial charge in [0.2, 0.25) is 0 Å². The minimum Gasteiger partial charge on any atom is -0.361 e. The summed E-state index contributed by atoms with van der Waals surface area (Å²) in [5.41, 5.74) is 2.38. The van der Waals surface area contributed by atoms with E-state index in [1.807, 2.05) is 20.0 Å². The van der Waals surface area contributed by atoms with E-state index in [1.165, 1.54) is 16.1 Å². The van der Waals surface area contributed by atoms with Gasteiger partial charge in [0.25, 0.3) is 0 Å². The van der Waals surface area contributed by atoms with Crippen molar-refractivity contribution in [2.45, 2.75) is 20.8 Å². The highest BCUT2D eigenvalue weighted by Crippen LogP contribution is 2.01. The molecule has 0 amide bonds. The second kappa shape index (κ2) is 3.44. The second-order valence-electron chi connectivity index (χ2n) is 3.00. The molecule has 0 spiro atoms. The van der Waals surface area contributed by atoms with Crippen molar-refractivity contribution < 1.29 is 0 Å². The molecule has 1 nitrogen and oxygen atoms in total. The molecule has 0 unspecified atom stereocenters. The summed E-state index contributed by atoms with van der Waals surface area (Å²) in [6, 6.07) is 2.08. The molecule has 12 heavy (non-hydrogen) atoms. The predicted molar refractivity (Wildman–Crippen MR) is 54.1 cm³/mol. The molecule has 0 saturated carbocycles. The average molecular weight is 161 g/mol. The van der Waals surface area contributed by atoms with Gasteiger partial charge in [-0.25, -0.2) is 0 Å². The van der Waals surface area contributed by atoms with Crippen LogP contribution < -0.4 is 10.6 Å². The van der Waals surface area contributed by atoms with Crippen LogP contribution in [0.3, 0.4) is 0 Å². The van der Waals surface area contributed by atoms with Crippen molar-refractivity contribution in [3.8, 4) is 0 Å². The fourth-order valence-electron chi connectivity index (χ4n) is 1.18. The van der Waals surface area contributed by atoms with Crippen LogP contribution in [0.2, 0.25) is 0 Å². The minimum absolute atomic E-state index is 1.12. The number of hydrogen-bond donors (Lipinski definition) is 1. The Bertz CT molecular complexity index is 393. The minimum atomic E-state index is 1.12. The molecule has 0 bridgehead atoms. The highest BCUT2D eigenvalue weighted by atomic mass is 14.6. The van der Waals surface area contributed by atoms with Crippen molar-refractivity contribution in [1.29, 1.82) is 0 Å². The first-order valence-electron chi connectivity index (χ1n) is 4.13. The summed E-state index contributed by atoms with van der Waals surface area (Å²) >= 11 is 0. The topological polar surface area (TPSA) is 15.8 Å². The monoisotopic (exact) mass is 161 g/mol. The Hall–Kier alpha value is -1.24. The van der Waals surface area contributed by atoms with Gasteiger partial charge in [-0.15, -0.1) is 0 Å². The van der Waals surface area contributed by atoms with Crippen molar-refractivity contribution in [3.63, 3.8) is 0 Å². The molecule has 1 heteroatoms. The van der Waals surface area contributed by atoms with Crippen LogP contribution in [0.25, 0.3) is 11.6 Å². The van der Waals surface area contributed by atoms with Crippen molar-refractivity contribution in [1.82, 2.24) is 4.98 Å². The van der Waals surface area contributed by atoms with Gasteiger partial charge in [-0.3, -0.25) is 0 Å². The van der Waals surface area contributed by atoms with Crippen molar-refractivity contribution in [3.05, 3.63) is 35.0 Å². The van der Waals surface area contributed by atoms with Gasteiger partial charge in [0, 0.05) is 16.8 Å². The van der Waals surface area contributed by atoms with E-state index in [2.05, 4.69) is 30.6 Å². The van der Waals surface area contributed by atoms with E-state index >= 15 is 0 Å². The third kappa shape index (κ3) is 1.50. The number of aromatic nitrogens is 1. The number of aromatic amines is 1. The Balaban J connectivity index is 3.55. The second-order valence-corrected chi connectivity index (χ2v) is 3.00. The normalized spacial score (nSPS) is 14.8. The SMILES string of the molecule is C=C(C)/C(C)=c1\cc[nH]\c1=C/C. The summed E-state index contributed by atoms with van der Waals surface area (Å²) in [7, 11) is 0. The predicted octanol–water partition coefficient (Wildman–Crippen LogP) is 1.56. The van der Waals surface area contributed by atoms with E-state index in [4.69, 9.17) is 0 Å². The van der Waals surface area contributed by atoms with E-state index in [-0.39, 0.29) is 0 Å². The lowest BCUT2D eigenvalue weighted by atomic mass is 10.1. The van der Waals surface area contributed by atoms with Crippen LogP contribution in [0.1, 0.15) is 20.8 Å². The lowest BCUT2D eigenvalue weighted by Crippen LogP contribution is -2.23. The molecular weight excluding hydrogens is 146 g/mol. The number of hydrogen-bond acceptors (Lipinski definition) is 0. The van der Waals surface area contributed by atoms with E-state index in [0.29, 0.717) is 0 Å². The quantitative estimate of drug-likeness (QED) is 0.643. The van der Waals surface area contributed by atoms with Gasteiger partial charge in [-0.05, 0) is 32.4 Å². The standard InChI is InChI=1S/C11H15N/c1-5-11-10(6-7-12-11)9(4)8(2)3/h5-7,12H,2H2,1,3-4H3/b10-9+,11-5-. The van der Waals surface area contributed by atoms with Crippen LogP contribution in [0.5, 0.6) is 0 Å². The molecule has 0 radical (unpaired) electrons. The van der Waals surface area contributed by atoms with Gasteiger partial charge in [0.1, 0.15) is 0 Å². The van der Waals surface area contributed by atoms with Gasteiger partial charge in [0.05, 0.1) is 0 Å². The molecule has 0 aromatic carbocycles. The van der Waals surface area contributed by atoms with Crippen LogP contribution in [0.15, 0.2) is 24.4 Å². The van der Waals surface area contributed by atoms with E-state index in [0.717, 1.165) is 5.57 Å².